The van der Waals surface area contributed by atoms with E-state index in [0.29, 0.717) is 0 Å². The van der Waals surface area contributed by atoms with E-state index in [9.17, 15) is 4.39 Å². The Labute approximate surface area is 285 Å². The van der Waals surface area contributed by atoms with Crippen molar-refractivity contribution >= 4 is 55.5 Å². The molecule has 7 rings (SSSR count). The summed E-state index contributed by atoms with van der Waals surface area (Å²) in [5, 5.41) is 5.68. The molecule has 0 saturated carbocycles. The van der Waals surface area contributed by atoms with Crippen LogP contribution in [0, 0.1) is 24.9 Å². The van der Waals surface area contributed by atoms with Crippen molar-refractivity contribution < 1.29 is 25.9 Å². The molecule has 7 aromatic rings. The molecule has 0 atom stereocenters. The van der Waals surface area contributed by atoms with Crippen LogP contribution >= 0.6 is 11.3 Å². The molecular formula is C39H35FIrN2SSi-2. The van der Waals surface area contributed by atoms with E-state index < -0.39 is 14.0 Å². The molecule has 0 fully saturated rings. The van der Waals surface area contributed by atoms with Gasteiger partial charge in [-0.15, -0.1) is 59.7 Å². The molecule has 0 bridgehead atoms. The zero-order chi connectivity index (χ0) is 31.9. The summed E-state index contributed by atoms with van der Waals surface area (Å²) in [7, 11) is -1.27. The summed E-state index contributed by atoms with van der Waals surface area (Å²) in [6.07, 6.45) is 3.82. The minimum absolute atomic E-state index is 0. The van der Waals surface area contributed by atoms with E-state index >= 15 is 0 Å². The maximum Gasteiger partial charge on any atom is 0.123 e. The van der Waals surface area contributed by atoms with Crippen molar-refractivity contribution in [1.29, 1.82) is 0 Å². The largest absolute Gasteiger partial charge is 0.305 e. The Morgan fingerprint density at radius 3 is 2.38 bits per heavy atom. The van der Waals surface area contributed by atoms with Gasteiger partial charge in [0.2, 0.25) is 0 Å². The second-order valence-electron chi connectivity index (χ2n) is 12.4. The van der Waals surface area contributed by atoms with Crippen LogP contribution < -0.4 is 5.19 Å². The van der Waals surface area contributed by atoms with E-state index in [-0.39, 0.29) is 25.9 Å². The molecule has 3 heterocycles. The fourth-order valence-electron chi connectivity index (χ4n) is 5.56. The number of fused-ring (bicyclic) bond motifs is 4. The molecule has 0 amide bonds. The summed E-state index contributed by atoms with van der Waals surface area (Å²) in [6, 6.07) is 33.7. The van der Waals surface area contributed by atoms with Gasteiger partial charge in [-0.1, -0.05) is 68.2 Å². The van der Waals surface area contributed by atoms with Crippen LogP contribution in [0.25, 0.3) is 53.5 Å². The van der Waals surface area contributed by atoms with Gasteiger partial charge in [0.05, 0.1) is 8.07 Å². The van der Waals surface area contributed by atoms with Crippen LogP contribution in [0.2, 0.25) is 19.6 Å². The van der Waals surface area contributed by atoms with Gasteiger partial charge in [-0.3, -0.25) is 0 Å². The number of thiophene rings is 1. The molecule has 0 spiro atoms. The molecule has 0 saturated heterocycles. The van der Waals surface area contributed by atoms with Crippen molar-refractivity contribution in [2.24, 2.45) is 0 Å². The van der Waals surface area contributed by atoms with Crippen LogP contribution in [-0.4, -0.2) is 18.0 Å². The number of hydrogen-bond donors (Lipinski definition) is 0. The summed E-state index contributed by atoms with van der Waals surface area (Å²) in [5.74, 6) is -0.908. The van der Waals surface area contributed by atoms with Gasteiger partial charge < -0.3 is 9.97 Å². The average molecular weight is 804 g/mol. The van der Waals surface area contributed by atoms with Crippen LogP contribution in [-0.2, 0) is 20.1 Å². The third-order valence-electron chi connectivity index (χ3n) is 7.85. The van der Waals surface area contributed by atoms with Gasteiger partial charge in [0.25, 0.3) is 0 Å². The first-order valence-electron chi connectivity index (χ1n) is 15.3. The van der Waals surface area contributed by atoms with Gasteiger partial charge in [0.15, 0.2) is 0 Å². The smallest absolute Gasteiger partial charge is 0.123 e. The molecule has 1 radical (unpaired) electrons. The van der Waals surface area contributed by atoms with Gasteiger partial charge >= 0.3 is 0 Å². The first-order chi connectivity index (χ1) is 21.4. The number of nitrogens with zero attached hydrogens (tertiary/aromatic N) is 2. The summed E-state index contributed by atoms with van der Waals surface area (Å²) in [6.45, 7) is 13.0. The Balaban J connectivity index is 0.000000200. The van der Waals surface area contributed by atoms with Gasteiger partial charge in [0.1, 0.15) is 5.82 Å². The van der Waals surface area contributed by atoms with Gasteiger partial charge in [-0.25, -0.2) is 4.39 Å². The fraction of sp³-hybridized carbons (Fsp3) is 0.179. The number of rotatable bonds is 4. The van der Waals surface area contributed by atoms with Crippen molar-refractivity contribution in [3.63, 3.8) is 0 Å². The van der Waals surface area contributed by atoms with Gasteiger partial charge in [-0.05, 0) is 80.6 Å². The molecule has 0 aliphatic carbocycles. The van der Waals surface area contributed by atoms with E-state index in [1.807, 2.05) is 56.3 Å². The quantitative estimate of drug-likeness (QED) is 0.131. The number of halogens is 1. The molecule has 0 aliphatic heterocycles. The molecule has 2 nitrogen and oxygen atoms in total. The van der Waals surface area contributed by atoms with E-state index in [1.165, 1.54) is 16.8 Å². The maximum atomic E-state index is 13.6. The number of benzene rings is 4. The van der Waals surface area contributed by atoms with Crippen LogP contribution in [0.1, 0.15) is 32.2 Å². The van der Waals surface area contributed by atoms with Crippen molar-refractivity contribution in [3.05, 3.63) is 126 Å². The molecule has 0 unspecified atom stereocenters. The van der Waals surface area contributed by atoms with Gasteiger partial charge in [-0.2, -0.15) is 11.3 Å². The number of aryl methyl sites for hydroxylation is 1. The maximum absolute atomic E-state index is 13.6. The minimum atomic E-state index is -1.27. The Morgan fingerprint density at radius 2 is 1.67 bits per heavy atom. The van der Waals surface area contributed by atoms with Crippen LogP contribution in [0.4, 0.5) is 4.39 Å². The van der Waals surface area contributed by atoms with Crippen LogP contribution in [0.3, 0.4) is 0 Å². The predicted octanol–water partition coefficient (Wildman–Crippen LogP) is 10.7. The minimum Gasteiger partial charge on any atom is -0.305 e. The Hall–Kier alpha value is -3.54. The summed E-state index contributed by atoms with van der Waals surface area (Å²) >= 11 is 1.68. The van der Waals surface area contributed by atoms with Crippen molar-refractivity contribution in [2.75, 3.05) is 0 Å². The molecule has 0 aliphatic rings. The molecule has 45 heavy (non-hydrogen) atoms. The number of hydrogen-bond acceptors (Lipinski definition) is 3. The second-order valence-corrected chi connectivity index (χ2v) is 18.5. The van der Waals surface area contributed by atoms with Crippen molar-refractivity contribution in [3.8, 4) is 22.5 Å². The van der Waals surface area contributed by atoms with Crippen molar-refractivity contribution in [1.82, 2.24) is 9.97 Å². The van der Waals surface area contributed by atoms with E-state index in [0.717, 1.165) is 59.0 Å². The Morgan fingerprint density at radius 1 is 0.844 bits per heavy atom. The van der Waals surface area contributed by atoms with E-state index in [1.54, 1.807) is 23.6 Å². The van der Waals surface area contributed by atoms with Crippen LogP contribution in [0.15, 0.2) is 97.3 Å². The van der Waals surface area contributed by atoms with Crippen LogP contribution in [0.5, 0.6) is 0 Å². The molecular weight excluding hydrogens is 768 g/mol. The van der Waals surface area contributed by atoms with Gasteiger partial charge in [0, 0.05) is 38.6 Å². The molecule has 4 aromatic carbocycles. The third-order valence-corrected chi connectivity index (χ3v) is 11.2. The molecule has 6 heteroatoms. The topological polar surface area (TPSA) is 25.8 Å². The summed E-state index contributed by atoms with van der Waals surface area (Å²) in [4.78, 5) is 9.13. The fourth-order valence-corrected chi connectivity index (χ4v) is 8.51. The second kappa shape index (κ2) is 13.4. The monoisotopic (exact) mass is 804 g/mol. The number of aromatic nitrogens is 2. The predicted molar refractivity (Wildman–Crippen MR) is 189 cm³/mol. The van der Waals surface area contributed by atoms with E-state index in [4.69, 9.17) is 1.37 Å². The van der Waals surface area contributed by atoms with Crippen molar-refractivity contribution in [2.45, 2.75) is 46.3 Å². The Kier molecular flexibility index (Phi) is 9.39. The molecule has 229 valence electrons. The zero-order valence-electron chi connectivity index (χ0n) is 27.3. The normalized spacial score (nSPS) is 12.0. The first kappa shape index (κ1) is 31.4. The zero-order valence-corrected chi connectivity index (χ0v) is 30.5. The number of pyridine rings is 2. The van der Waals surface area contributed by atoms with E-state index in [2.05, 4.69) is 85.2 Å². The first-order valence-corrected chi connectivity index (χ1v) is 19.1. The Bertz CT molecular complexity index is 2170. The SMILES string of the molecule is Cc1cc(-c2[c-]cccc2)ncc1[Si](C)(C)C.[2H]C(C)(C)c1ccnc(-c2[c-]ccc3c2sc2cc4cc(F)ccc4cc23)c1.[Ir]. The summed E-state index contributed by atoms with van der Waals surface area (Å²) < 4.78 is 24.2. The summed E-state index contributed by atoms with van der Waals surface area (Å²) in [5.41, 5.74) is 6.13. The molecule has 3 aromatic heterocycles. The third kappa shape index (κ3) is 7.00. The molecule has 0 N–H and O–H groups in total. The standard InChI is InChI=1S/C24H17FNS.C15H18NSi.Ir/c1-14(2)15-8-9-26-22(12-15)20-5-3-4-19-21-11-16-6-7-18(25)10-17(16)13-23(21)27-24(19)20;1-12-10-14(13-8-6-5-7-9-13)16-11-15(12)17(2,3)4;/h3-4,6-14H,1-2H3;5-8,10-11H,1-4H3;/q2*-1;/i14D;;. The average Bonchev–Trinajstić information content (AvgIpc) is 3.37.